The predicted molar refractivity (Wildman–Crippen MR) is 91.5 cm³/mol. The number of aromatic nitrogens is 4. The number of rotatable bonds is 6. The first-order valence-electron chi connectivity index (χ1n) is 8.68. The zero-order valence-corrected chi connectivity index (χ0v) is 14.6. The molecular formula is C17H21ClFN5O. The average Bonchev–Trinajstić information content (AvgIpc) is 3.18. The number of tetrazole rings is 1. The Bertz CT molecular complexity index is 722. The van der Waals surface area contributed by atoms with Gasteiger partial charge in [-0.1, -0.05) is 0 Å². The lowest BCUT2D eigenvalue weighted by molar-refractivity contribution is 0.188. The number of alkyl halides is 1. The second kappa shape index (κ2) is 6.88. The van der Waals surface area contributed by atoms with Crippen molar-refractivity contribution in [2.45, 2.75) is 31.1 Å². The van der Waals surface area contributed by atoms with Crippen LogP contribution in [0.5, 0.6) is 5.75 Å². The summed E-state index contributed by atoms with van der Waals surface area (Å²) in [6.45, 7) is 2.51. The average molecular weight is 366 g/mol. The molecular weight excluding hydrogens is 345 g/mol. The summed E-state index contributed by atoms with van der Waals surface area (Å²) >= 11 is 6.52. The van der Waals surface area contributed by atoms with Gasteiger partial charge in [0.1, 0.15) is 17.8 Å². The molecule has 2 aliphatic rings. The van der Waals surface area contributed by atoms with E-state index in [1.807, 2.05) is 0 Å². The second-order valence-corrected chi connectivity index (χ2v) is 7.50. The van der Waals surface area contributed by atoms with E-state index in [2.05, 4.69) is 20.8 Å². The van der Waals surface area contributed by atoms with Gasteiger partial charge in [0.05, 0.1) is 6.61 Å². The van der Waals surface area contributed by atoms with Crippen LogP contribution in [0.3, 0.4) is 0 Å². The van der Waals surface area contributed by atoms with E-state index in [0.717, 1.165) is 25.9 Å². The fourth-order valence-corrected chi connectivity index (χ4v) is 4.39. The first-order chi connectivity index (χ1) is 12.2. The van der Waals surface area contributed by atoms with Gasteiger partial charge in [-0.25, -0.2) is 4.39 Å². The van der Waals surface area contributed by atoms with Crippen LogP contribution in [0.25, 0.3) is 5.69 Å². The van der Waals surface area contributed by atoms with Gasteiger partial charge in [0.15, 0.2) is 5.82 Å². The minimum Gasteiger partial charge on any atom is -0.493 e. The number of halogens is 2. The molecule has 134 valence electrons. The lowest BCUT2D eigenvalue weighted by Crippen LogP contribution is -2.41. The molecule has 8 heteroatoms. The molecule has 2 heterocycles. The fraction of sp³-hybridized carbons (Fsp3) is 0.588. The lowest BCUT2D eigenvalue weighted by Gasteiger charge is -2.34. The van der Waals surface area contributed by atoms with Crippen LogP contribution in [-0.2, 0) is 0 Å². The highest BCUT2D eigenvalue weighted by Gasteiger charge is 2.51. The van der Waals surface area contributed by atoms with E-state index >= 15 is 0 Å². The Morgan fingerprint density at radius 1 is 1.40 bits per heavy atom. The van der Waals surface area contributed by atoms with Crippen molar-refractivity contribution in [1.29, 1.82) is 0 Å². The van der Waals surface area contributed by atoms with Gasteiger partial charge in [0.2, 0.25) is 0 Å². The lowest BCUT2D eigenvalue weighted by atomic mass is 9.80. The molecule has 0 radical (unpaired) electrons. The number of hydrogen-bond donors (Lipinski definition) is 1. The van der Waals surface area contributed by atoms with Gasteiger partial charge in [0, 0.05) is 18.0 Å². The molecule has 2 fully saturated rings. The summed E-state index contributed by atoms with van der Waals surface area (Å²) in [5, 5.41) is 14.3. The number of nitrogens with zero attached hydrogens (tertiary/aromatic N) is 4. The summed E-state index contributed by atoms with van der Waals surface area (Å²) in [6.07, 6.45) is 5.89. The molecule has 1 saturated heterocycles. The largest absolute Gasteiger partial charge is 0.493 e. The number of nitrogens with one attached hydrogen (secondary N) is 1. The maximum Gasteiger partial charge on any atom is 0.152 e. The van der Waals surface area contributed by atoms with Crippen molar-refractivity contribution in [3.8, 4) is 11.4 Å². The summed E-state index contributed by atoms with van der Waals surface area (Å²) in [4.78, 5) is 0. The van der Waals surface area contributed by atoms with Crippen molar-refractivity contribution in [1.82, 2.24) is 25.5 Å². The van der Waals surface area contributed by atoms with Crippen LogP contribution >= 0.6 is 11.6 Å². The van der Waals surface area contributed by atoms with E-state index in [-0.39, 0.29) is 5.38 Å². The van der Waals surface area contributed by atoms with Crippen LogP contribution in [0.2, 0.25) is 0 Å². The smallest absolute Gasteiger partial charge is 0.152 e. The first-order valence-corrected chi connectivity index (χ1v) is 9.12. The monoisotopic (exact) mass is 365 g/mol. The molecule has 1 aliphatic heterocycles. The van der Waals surface area contributed by atoms with E-state index in [4.69, 9.17) is 16.3 Å². The molecule has 1 N–H and O–H groups in total. The highest BCUT2D eigenvalue weighted by atomic mass is 35.5. The highest BCUT2D eigenvalue weighted by molar-refractivity contribution is 6.21. The van der Waals surface area contributed by atoms with Crippen LogP contribution in [0.4, 0.5) is 4.39 Å². The third kappa shape index (κ3) is 3.48. The summed E-state index contributed by atoms with van der Waals surface area (Å²) in [6, 6.07) is 4.75. The van der Waals surface area contributed by atoms with Gasteiger partial charge < -0.3 is 10.1 Å². The number of benzene rings is 1. The molecule has 2 unspecified atom stereocenters. The molecule has 1 aromatic carbocycles. The quantitative estimate of drug-likeness (QED) is 0.797. The summed E-state index contributed by atoms with van der Waals surface area (Å²) in [7, 11) is 0. The molecule has 0 bridgehead atoms. The molecule has 1 aliphatic carbocycles. The second-order valence-electron chi connectivity index (χ2n) is 6.94. The van der Waals surface area contributed by atoms with E-state index in [9.17, 15) is 4.39 Å². The normalized spacial score (nSPS) is 24.9. The third-order valence-corrected chi connectivity index (χ3v) is 5.93. The molecule has 2 atom stereocenters. The zero-order valence-electron chi connectivity index (χ0n) is 13.9. The van der Waals surface area contributed by atoms with Gasteiger partial charge in [-0.05, 0) is 66.1 Å². The van der Waals surface area contributed by atoms with E-state index in [1.54, 1.807) is 12.1 Å². The molecule has 6 nitrogen and oxygen atoms in total. The Labute approximate surface area is 150 Å². The van der Waals surface area contributed by atoms with E-state index in [0.29, 0.717) is 29.4 Å². The standard InChI is InChI=1S/C17H21ClFN5O/c18-14-10-20-7-3-13(14)17(4-5-17)6-8-25-12-1-2-16(15(19)9-12)24-11-21-22-23-24/h1-2,9,11,13-14,20H,3-8,10H2. The van der Waals surface area contributed by atoms with Gasteiger partial charge in [-0.2, -0.15) is 4.68 Å². The number of piperidine rings is 1. The number of ether oxygens (including phenoxy) is 1. The molecule has 0 amide bonds. The molecule has 4 rings (SSSR count). The van der Waals surface area contributed by atoms with Crippen molar-refractivity contribution in [2.24, 2.45) is 11.3 Å². The zero-order chi connectivity index (χ0) is 17.3. The van der Waals surface area contributed by atoms with Gasteiger partial charge in [-0.3, -0.25) is 0 Å². The van der Waals surface area contributed by atoms with Crippen molar-refractivity contribution in [2.75, 3.05) is 19.7 Å². The van der Waals surface area contributed by atoms with Crippen molar-refractivity contribution in [3.63, 3.8) is 0 Å². The van der Waals surface area contributed by atoms with Crippen LogP contribution in [0, 0.1) is 17.2 Å². The predicted octanol–water partition coefficient (Wildman–Crippen LogP) is 2.57. The Morgan fingerprint density at radius 2 is 2.28 bits per heavy atom. The van der Waals surface area contributed by atoms with Crippen molar-refractivity contribution in [3.05, 3.63) is 30.3 Å². The third-order valence-electron chi connectivity index (χ3n) is 5.47. The minimum absolute atomic E-state index is 0.198. The molecule has 1 aromatic heterocycles. The molecule has 2 aromatic rings. The van der Waals surface area contributed by atoms with Crippen LogP contribution in [0.15, 0.2) is 24.5 Å². The SMILES string of the molecule is Fc1cc(OCCC2(C3CCNCC3Cl)CC2)ccc1-n1cnnn1. The Kier molecular flexibility index (Phi) is 4.60. The van der Waals surface area contributed by atoms with Crippen LogP contribution in [0.1, 0.15) is 25.7 Å². The summed E-state index contributed by atoms with van der Waals surface area (Å²) < 4.78 is 21.3. The maximum atomic E-state index is 14.2. The first kappa shape index (κ1) is 16.7. The van der Waals surface area contributed by atoms with Crippen LogP contribution in [-0.4, -0.2) is 45.3 Å². The van der Waals surface area contributed by atoms with E-state index in [1.165, 1.54) is 29.9 Å². The minimum atomic E-state index is -0.412. The van der Waals surface area contributed by atoms with Gasteiger partial charge >= 0.3 is 0 Å². The summed E-state index contributed by atoms with van der Waals surface area (Å²) in [5.74, 6) is 0.668. The highest BCUT2D eigenvalue weighted by Crippen LogP contribution is 2.58. The molecule has 1 saturated carbocycles. The Balaban J connectivity index is 1.35. The van der Waals surface area contributed by atoms with E-state index < -0.39 is 5.82 Å². The topological polar surface area (TPSA) is 64.9 Å². The van der Waals surface area contributed by atoms with Gasteiger partial charge in [-0.15, -0.1) is 16.7 Å². The Hall–Kier alpha value is -1.73. The maximum absolute atomic E-state index is 14.2. The summed E-state index contributed by atoms with van der Waals surface area (Å²) in [5.41, 5.74) is 0.620. The van der Waals surface area contributed by atoms with Crippen LogP contribution < -0.4 is 10.1 Å². The number of hydrogen-bond acceptors (Lipinski definition) is 5. The molecule has 25 heavy (non-hydrogen) atoms. The van der Waals surface area contributed by atoms with Crippen molar-refractivity contribution >= 4 is 11.6 Å². The van der Waals surface area contributed by atoms with Crippen molar-refractivity contribution < 1.29 is 9.13 Å². The fourth-order valence-electron chi connectivity index (χ4n) is 3.88. The molecule has 0 spiro atoms. The van der Waals surface area contributed by atoms with Gasteiger partial charge in [0.25, 0.3) is 0 Å². The Morgan fingerprint density at radius 3 is 2.96 bits per heavy atom.